The minimum Gasteiger partial charge on any atom is -0.333 e. The first kappa shape index (κ1) is 11.3. The highest BCUT2D eigenvalue weighted by atomic mass is 32.1. The average Bonchev–Trinajstić information content (AvgIpc) is 2.87. The molecule has 5 heteroatoms. The average molecular weight is 237 g/mol. The minimum absolute atomic E-state index is 0.357. The molecular weight excluding hydrogens is 222 g/mol. The van der Waals surface area contributed by atoms with E-state index in [4.69, 9.17) is 4.52 Å². The van der Waals surface area contributed by atoms with Crippen LogP contribution in [0.2, 0.25) is 0 Å². The van der Waals surface area contributed by atoms with Gasteiger partial charge in [-0.15, -0.1) is 11.3 Å². The molecule has 1 unspecified atom stereocenters. The lowest BCUT2D eigenvalue weighted by Crippen LogP contribution is -2.24. The molecule has 0 amide bonds. The first-order chi connectivity index (χ1) is 7.69. The van der Waals surface area contributed by atoms with Gasteiger partial charge in [0.15, 0.2) is 5.82 Å². The van der Waals surface area contributed by atoms with Crippen LogP contribution in [0.5, 0.6) is 0 Å². The Kier molecular flexibility index (Phi) is 3.36. The van der Waals surface area contributed by atoms with Crippen molar-refractivity contribution in [2.75, 3.05) is 7.05 Å². The number of rotatable bonds is 4. The van der Waals surface area contributed by atoms with Crippen LogP contribution in [0.4, 0.5) is 0 Å². The van der Waals surface area contributed by atoms with E-state index in [2.05, 4.69) is 35.4 Å². The number of thiophene rings is 1. The van der Waals surface area contributed by atoms with Crippen molar-refractivity contribution < 1.29 is 4.52 Å². The summed E-state index contributed by atoms with van der Waals surface area (Å²) in [4.78, 5) is 6.66. The molecule has 0 aliphatic carbocycles. The maximum absolute atomic E-state index is 5.23. The van der Waals surface area contributed by atoms with Gasteiger partial charge in [-0.05, 0) is 33.0 Å². The molecule has 1 atom stereocenters. The molecule has 0 spiro atoms. The van der Waals surface area contributed by atoms with Crippen LogP contribution in [-0.2, 0) is 6.42 Å². The van der Waals surface area contributed by atoms with Crippen molar-refractivity contribution in [2.45, 2.75) is 26.3 Å². The van der Waals surface area contributed by atoms with E-state index >= 15 is 0 Å². The number of likely N-dealkylation sites (N-methyl/N-ethyl adjacent to an activating group) is 1. The van der Waals surface area contributed by atoms with E-state index < -0.39 is 0 Å². The number of hydrogen-bond donors (Lipinski definition) is 1. The molecule has 2 heterocycles. The third-order valence-corrected chi connectivity index (χ3v) is 3.39. The van der Waals surface area contributed by atoms with Gasteiger partial charge in [0.05, 0.1) is 4.88 Å². The summed E-state index contributed by atoms with van der Waals surface area (Å²) in [6.45, 7) is 4.15. The largest absolute Gasteiger partial charge is 0.333 e. The van der Waals surface area contributed by atoms with Gasteiger partial charge in [0.2, 0.25) is 0 Å². The highest BCUT2D eigenvalue weighted by molar-refractivity contribution is 7.15. The molecule has 0 bridgehead atoms. The third kappa shape index (κ3) is 2.48. The Morgan fingerprint density at radius 1 is 1.50 bits per heavy atom. The molecule has 0 aliphatic rings. The summed E-state index contributed by atoms with van der Waals surface area (Å²) < 4.78 is 5.23. The Hall–Kier alpha value is -1.20. The number of nitrogens with one attached hydrogen (secondary N) is 1. The van der Waals surface area contributed by atoms with Crippen molar-refractivity contribution in [3.05, 3.63) is 22.8 Å². The van der Waals surface area contributed by atoms with Crippen LogP contribution in [-0.4, -0.2) is 23.2 Å². The molecule has 1 N–H and O–H groups in total. The fourth-order valence-corrected chi connectivity index (χ4v) is 2.15. The summed E-state index contributed by atoms with van der Waals surface area (Å²) in [7, 11) is 1.92. The zero-order chi connectivity index (χ0) is 11.5. The summed E-state index contributed by atoms with van der Waals surface area (Å²) in [5.74, 6) is 1.37. The highest BCUT2D eigenvalue weighted by Gasteiger charge is 2.12. The normalized spacial score (nSPS) is 12.9. The maximum Gasteiger partial charge on any atom is 0.267 e. The van der Waals surface area contributed by atoms with E-state index in [9.17, 15) is 0 Å². The van der Waals surface area contributed by atoms with Crippen molar-refractivity contribution in [1.29, 1.82) is 0 Å². The van der Waals surface area contributed by atoms with E-state index in [1.807, 2.05) is 13.1 Å². The number of aromatic nitrogens is 2. The highest BCUT2D eigenvalue weighted by Crippen LogP contribution is 2.25. The van der Waals surface area contributed by atoms with Gasteiger partial charge in [-0.2, -0.15) is 4.98 Å². The molecule has 16 heavy (non-hydrogen) atoms. The van der Waals surface area contributed by atoms with Gasteiger partial charge < -0.3 is 9.84 Å². The molecule has 0 aliphatic heterocycles. The van der Waals surface area contributed by atoms with Crippen LogP contribution >= 0.6 is 11.3 Å². The molecule has 0 fully saturated rings. The summed E-state index contributed by atoms with van der Waals surface area (Å²) >= 11 is 1.67. The topological polar surface area (TPSA) is 51.0 Å². The maximum atomic E-state index is 5.23. The Bertz CT molecular complexity index is 463. The van der Waals surface area contributed by atoms with Gasteiger partial charge in [-0.1, -0.05) is 5.16 Å². The van der Waals surface area contributed by atoms with Gasteiger partial charge in [0, 0.05) is 17.3 Å². The molecule has 4 nitrogen and oxygen atoms in total. The van der Waals surface area contributed by atoms with Gasteiger partial charge in [0.25, 0.3) is 5.89 Å². The Morgan fingerprint density at radius 2 is 2.31 bits per heavy atom. The fraction of sp³-hybridized carbons (Fsp3) is 0.455. The van der Waals surface area contributed by atoms with Gasteiger partial charge in [-0.3, -0.25) is 0 Å². The molecule has 0 aromatic carbocycles. The lowest BCUT2D eigenvalue weighted by molar-refractivity contribution is 0.419. The standard InChI is InChI=1S/C11H15N3OS/c1-7(12-3)6-10-13-11(15-14-10)9-5-4-8(2)16-9/h4-5,7,12H,6H2,1-3H3. The Labute approximate surface area is 98.7 Å². The molecule has 0 saturated heterocycles. The molecule has 0 radical (unpaired) electrons. The summed E-state index contributed by atoms with van der Waals surface area (Å²) in [6, 6.07) is 4.43. The van der Waals surface area contributed by atoms with Crippen molar-refractivity contribution in [2.24, 2.45) is 0 Å². The Balaban J connectivity index is 2.13. The van der Waals surface area contributed by atoms with Gasteiger partial charge >= 0.3 is 0 Å². The second-order valence-electron chi connectivity index (χ2n) is 3.82. The van der Waals surface area contributed by atoms with Crippen molar-refractivity contribution in [3.8, 4) is 10.8 Å². The van der Waals surface area contributed by atoms with E-state index in [1.54, 1.807) is 11.3 Å². The number of hydrogen-bond acceptors (Lipinski definition) is 5. The van der Waals surface area contributed by atoms with Crippen molar-refractivity contribution in [1.82, 2.24) is 15.5 Å². The predicted octanol–water partition coefficient (Wildman–Crippen LogP) is 2.26. The van der Waals surface area contributed by atoms with Gasteiger partial charge in [-0.25, -0.2) is 0 Å². The lowest BCUT2D eigenvalue weighted by Gasteiger charge is -2.04. The van der Waals surface area contributed by atoms with E-state index in [-0.39, 0.29) is 0 Å². The summed E-state index contributed by atoms with van der Waals surface area (Å²) in [5.41, 5.74) is 0. The summed E-state index contributed by atoms with van der Waals surface area (Å²) in [6.07, 6.45) is 0.782. The van der Waals surface area contributed by atoms with Crippen molar-refractivity contribution >= 4 is 11.3 Å². The van der Waals surface area contributed by atoms with Crippen molar-refractivity contribution in [3.63, 3.8) is 0 Å². The zero-order valence-corrected chi connectivity index (χ0v) is 10.5. The number of nitrogens with zero attached hydrogens (tertiary/aromatic N) is 2. The SMILES string of the molecule is CNC(C)Cc1noc(-c2ccc(C)s2)n1. The molecule has 86 valence electrons. The number of aryl methyl sites for hydroxylation is 1. The Morgan fingerprint density at radius 3 is 2.94 bits per heavy atom. The monoisotopic (exact) mass is 237 g/mol. The minimum atomic E-state index is 0.357. The molecule has 2 aromatic heterocycles. The summed E-state index contributed by atoms with van der Waals surface area (Å²) in [5, 5.41) is 7.12. The fourth-order valence-electron chi connectivity index (χ4n) is 1.36. The van der Waals surface area contributed by atoms with E-state index in [0.717, 1.165) is 17.1 Å². The van der Waals surface area contributed by atoms with Crippen LogP contribution in [0.25, 0.3) is 10.8 Å². The first-order valence-corrected chi connectivity index (χ1v) is 6.07. The molecule has 2 rings (SSSR count). The van der Waals surface area contributed by atoms with Crippen LogP contribution < -0.4 is 5.32 Å². The zero-order valence-electron chi connectivity index (χ0n) is 9.65. The first-order valence-electron chi connectivity index (χ1n) is 5.25. The lowest BCUT2D eigenvalue weighted by atomic mass is 10.2. The smallest absolute Gasteiger partial charge is 0.267 e. The second kappa shape index (κ2) is 4.76. The molecular formula is C11H15N3OS. The van der Waals surface area contributed by atoms with Gasteiger partial charge in [0.1, 0.15) is 0 Å². The van der Waals surface area contributed by atoms with E-state index in [0.29, 0.717) is 11.9 Å². The third-order valence-electron chi connectivity index (χ3n) is 2.40. The quantitative estimate of drug-likeness (QED) is 0.886. The molecule has 2 aromatic rings. The van der Waals surface area contributed by atoms with Crippen LogP contribution in [0.3, 0.4) is 0 Å². The second-order valence-corrected chi connectivity index (χ2v) is 5.11. The van der Waals surface area contributed by atoms with E-state index in [1.165, 1.54) is 4.88 Å². The van der Waals surface area contributed by atoms with Crippen LogP contribution in [0.15, 0.2) is 16.7 Å². The molecule has 0 saturated carbocycles. The van der Waals surface area contributed by atoms with Crippen LogP contribution in [0, 0.1) is 6.92 Å². The predicted molar refractivity (Wildman–Crippen MR) is 64.6 cm³/mol. The van der Waals surface area contributed by atoms with Crippen LogP contribution in [0.1, 0.15) is 17.6 Å².